The Morgan fingerprint density at radius 1 is 1.44 bits per heavy atom. The predicted octanol–water partition coefficient (Wildman–Crippen LogP) is 1.07. The van der Waals surface area contributed by atoms with Crippen molar-refractivity contribution in [2.24, 2.45) is 0 Å². The van der Waals surface area contributed by atoms with E-state index >= 15 is 0 Å². The monoisotopic (exact) mass is 267 g/mol. The Morgan fingerprint density at radius 3 is 2.94 bits per heavy atom. The van der Waals surface area contributed by atoms with Gasteiger partial charge in [0, 0.05) is 12.2 Å². The molecular weight excluding hydrogens is 254 g/mol. The molecule has 0 atom stereocenters. The highest BCUT2D eigenvalue weighted by atomic mass is 32.2. The van der Waals surface area contributed by atoms with E-state index in [9.17, 15) is 18.1 Å². The van der Waals surface area contributed by atoms with Crippen LogP contribution in [0.3, 0.4) is 0 Å². The molecule has 0 saturated heterocycles. The zero-order valence-corrected chi connectivity index (χ0v) is 10.4. The quantitative estimate of drug-likeness (QED) is 0.656. The van der Waals surface area contributed by atoms with Gasteiger partial charge in [0.1, 0.15) is 6.21 Å². The van der Waals surface area contributed by atoms with Gasteiger partial charge in [0.15, 0.2) is 12.3 Å². The third-order valence-corrected chi connectivity index (χ3v) is 3.39. The second kappa shape index (κ2) is 4.91. The van der Waals surface area contributed by atoms with Gasteiger partial charge >= 0.3 is 0 Å². The Bertz CT molecular complexity index is 617. The van der Waals surface area contributed by atoms with Crippen molar-refractivity contribution in [3.05, 3.63) is 29.8 Å². The van der Waals surface area contributed by atoms with Crippen molar-refractivity contribution in [3.63, 3.8) is 0 Å². The van der Waals surface area contributed by atoms with Crippen LogP contribution in [0, 0.1) is 0 Å². The standard InChI is InChI=1S/C12H13NO4S/c14-11-6-1-4-10-5-2-7-13(12(10)11)8-3-9-18(15,16)17/h1-2,4-6,8H,3,7,9H2,(H-,14,15,16,17). The number of benzene rings is 1. The highest BCUT2D eigenvalue weighted by Crippen LogP contribution is 2.32. The molecule has 1 aliphatic rings. The molecule has 6 heteroatoms. The van der Waals surface area contributed by atoms with Gasteiger partial charge in [-0.2, -0.15) is 4.58 Å². The fourth-order valence-electron chi connectivity index (χ4n) is 1.90. The minimum Gasteiger partial charge on any atom is -0.748 e. The molecule has 0 radical (unpaired) electrons. The second-order valence-electron chi connectivity index (χ2n) is 4.00. The summed E-state index contributed by atoms with van der Waals surface area (Å²) >= 11 is 0. The summed E-state index contributed by atoms with van der Waals surface area (Å²) in [5.41, 5.74) is 1.51. The van der Waals surface area contributed by atoms with Crippen LogP contribution in [0.4, 0.5) is 5.69 Å². The SMILES string of the molecule is O=S(=O)([O-])CCC=[N+]1CC=Cc2cccc(O)c21. The highest BCUT2D eigenvalue weighted by molar-refractivity contribution is 7.85. The summed E-state index contributed by atoms with van der Waals surface area (Å²) in [7, 11) is -4.20. The average molecular weight is 267 g/mol. The molecule has 1 heterocycles. The molecule has 5 nitrogen and oxygen atoms in total. The number of hydrogen-bond donors (Lipinski definition) is 1. The lowest BCUT2D eigenvalue weighted by Gasteiger charge is -2.10. The van der Waals surface area contributed by atoms with Gasteiger partial charge in [-0.1, -0.05) is 6.07 Å². The predicted molar refractivity (Wildman–Crippen MR) is 67.2 cm³/mol. The van der Waals surface area contributed by atoms with Gasteiger partial charge in [0.25, 0.3) is 5.69 Å². The first-order chi connectivity index (χ1) is 8.47. The lowest BCUT2D eigenvalue weighted by molar-refractivity contribution is -0.426. The van der Waals surface area contributed by atoms with Crippen molar-refractivity contribution >= 4 is 28.1 Å². The highest BCUT2D eigenvalue weighted by Gasteiger charge is 2.20. The first-order valence-corrected chi connectivity index (χ1v) is 7.07. The molecule has 0 bridgehead atoms. The molecule has 0 saturated carbocycles. The maximum atomic E-state index is 10.5. The molecule has 0 spiro atoms. The third-order valence-electron chi connectivity index (χ3n) is 2.65. The summed E-state index contributed by atoms with van der Waals surface area (Å²) in [5, 5.41) is 9.81. The van der Waals surface area contributed by atoms with Crippen molar-refractivity contribution in [1.29, 1.82) is 0 Å². The summed E-state index contributed by atoms with van der Waals surface area (Å²) in [4.78, 5) is 0. The van der Waals surface area contributed by atoms with Crippen LogP contribution in [0.25, 0.3) is 6.08 Å². The van der Waals surface area contributed by atoms with Gasteiger partial charge in [-0.3, -0.25) is 0 Å². The Kier molecular flexibility index (Phi) is 3.49. The maximum Gasteiger partial charge on any atom is 0.254 e. The van der Waals surface area contributed by atoms with Crippen LogP contribution in [-0.4, -0.2) is 41.2 Å². The second-order valence-corrected chi connectivity index (χ2v) is 5.53. The summed E-state index contributed by atoms with van der Waals surface area (Å²) in [5.74, 6) is -0.297. The summed E-state index contributed by atoms with van der Waals surface area (Å²) < 4.78 is 33.3. The topological polar surface area (TPSA) is 80.4 Å². The van der Waals surface area contributed by atoms with Crippen LogP contribution >= 0.6 is 0 Å². The van der Waals surface area contributed by atoms with Gasteiger partial charge < -0.3 is 9.66 Å². The molecule has 18 heavy (non-hydrogen) atoms. The first kappa shape index (κ1) is 12.8. The van der Waals surface area contributed by atoms with Crippen LogP contribution < -0.4 is 0 Å². The minimum atomic E-state index is -4.20. The van der Waals surface area contributed by atoms with E-state index in [1.807, 2.05) is 18.2 Å². The average Bonchev–Trinajstić information content (AvgIpc) is 2.27. The normalized spacial score (nSPS) is 16.8. The van der Waals surface area contributed by atoms with Gasteiger partial charge in [-0.25, -0.2) is 8.42 Å². The molecule has 96 valence electrons. The molecular formula is C12H13NO4S. The van der Waals surface area contributed by atoms with E-state index < -0.39 is 15.9 Å². The molecule has 0 fully saturated rings. The van der Waals surface area contributed by atoms with Gasteiger partial charge in [-0.15, -0.1) is 0 Å². The molecule has 0 aliphatic carbocycles. The van der Waals surface area contributed by atoms with Gasteiger partial charge in [0.05, 0.1) is 15.7 Å². The number of aromatic hydroxyl groups is 1. The van der Waals surface area contributed by atoms with E-state index in [4.69, 9.17) is 0 Å². The van der Waals surface area contributed by atoms with Crippen LogP contribution in [-0.2, 0) is 10.1 Å². The van der Waals surface area contributed by atoms with E-state index in [1.54, 1.807) is 22.9 Å². The van der Waals surface area contributed by atoms with Crippen LogP contribution in [0.2, 0.25) is 0 Å². The summed E-state index contributed by atoms with van der Waals surface area (Å²) in [6, 6.07) is 5.17. The smallest absolute Gasteiger partial charge is 0.254 e. The van der Waals surface area contributed by atoms with E-state index in [0.29, 0.717) is 12.2 Å². The van der Waals surface area contributed by atoms with E-state index in [-0.39, 0.29) is 12.2 Å². The summed E-state index contributed by atoms with van der Waals surface area (Å²) in [6.07, 6.45) is 5.55. The molecule has 0 unspecified atom stereocenters. The molecule has 0 amide bonds. The fourth-order valence-corrected chi connectivity index (χ4v) is 2.29. The lowest BCUT2D eigenvalue weighted by atomic mass is 10.1. The molecule has 1 aromatic rings. The van der Waals surface area contributed by atoms with Gasteiger partial charge in [0.2, 0.25) is 0 Å². The fraction of sp³-hybridized carbons (Fsp3) is 0.250. The lowest BCUT2D eigenvalue weighted by Crippen LogP contribution is -2.14. The van der Waals surface area contributed by atoms with Crippen LogP contribution in [0.5, 0.6) is 5.75 Å². The Balaban J connectivity index is 2.27. The van der Waals surface area contributed by atoms with Crippen molar-refractivity contribution < 1.29 is 22.7 Å². The van der Waals surface area contributed by atoms with Crippen LogP contribution in [0.15, 0.2) is 24.3 Å². The number of phenolic OH excluding ortho intramolecular Hbond substituents is 1. The molecule has 1 aliphatic heterocycles. The van der Waals surface area contributed by atoms with Gasteiger partial charge in [-0.05, 0) is 24.3 Å². The largest absolute Gasteiger partial charge is 0.748 e. The zero-order chi connectivity index (χ0) is 13.2. The number of para-hydroxylation sites is 1. The maximum absolute atomic E-state index is 10.5. The van der Waals surface area contributed by atoms with Crippen molar-refractivity contribution in [2.75, 3.05) is 12.3 Å². The first-order valence-electron chi connectivity index (χ1n) is 5.49. The number of rotatable bonds is 3. The molecule has 0 aromatic heterocycles. The number of phenols is 1. The van der Waals surface area contributed by atoms with Crippen molar-refractivity contribution in [3.8, 4) is 5.75 Å². The number of hydrogen-bond acceptors (Lipinski definition) is 4. The molecule has 1 N–H and O–H groups in total. The van der Waals surface area contributed by atoms with E-state index in [0.717, 1.165) is 5.56 Å². The number of nitrogens with zero attached hydrogens (tertiary/aromatic N) is 1. The van der Waals surface area contributed by atoms with Crippen LogP contribution in [0.1, 0.15) is 12.0 Å². The van der Waals surface area contributed by atoms with E-state index in [1.165, 1.54) is 0 Å². The Hall–Kier alpha value is -1.66. The minimum absolute atomic E-state index is 0.132. The third kappa shape index (κ3) is 2.96. The number of fused-ring (bicyclic) bond motifs is 1. The van der Waals surface area contributed by atoms with Crippen molar-refractivity contribution in [1.82, 2.24) is 0 Å². The molecule has 2 rings (SSSR count). The summed E-state index contributed by atoms with van der Waals surface area (Å²) in [6.45, 7) is 0.545. The molecule has 1 aromatic carbocycles. The Labute approximate surface area is 105 Å². The van der Waals surface area contributed by atoms with E-state index in [2.05, 4.69) is 0 Å². The zero-order valence-electron chi connectivity index (χ0n) is 9.61. The Morgan fingerprint density at radius 2 is 2.22 bits per heavy atom. The van der Waals surface area contributed by atoms with Crippen molar-refractivity contribution in [2.45, 2.75) is 6.42 Å².